The van der Waals surface area contributed by atoms with Crippen LogP contribution in [0, 0.1) is 11.6 Å². The Morgan fingerprint density at radius 1 is 1.00 bits per heavy atom. The molecule has 32 heavy (non-hydrogen) atoms. The lowest BCUT2D eigenvalue weighted by Crippen LogP contribution is -2.48. The molecular weight excluding hydrogens is 414 g/mol. The molecule has 2 saturated heterocycles. The highest BCUT2D eigenvalue weighted by molar-refractivity contribution is 5.46. The monoisotopic (exact) mass is 440 g/mol. The molecule has 0 N–H and O–H groups in total. The van der Waals surface area contributed by atoms with Gasteiger partial charge >= 0.3 is 0 Å². The van der Waals surface area contributed by atoms with Crippen LogP contribution < -0.4 is 4.90 Å². The Balaban J connectivity index is 1.40. The van der Waals surface area contributed by atoms with E-state index in [2.05, 4.69) is 25.3 Å². The number of rotatable bonds is 6. The first-order valence-electron chi connectivity index (χ1n) is 11.1. The Hall–Kier alpha value is -2.91. The molecule has 2 fully saturated rings. The van der Waals surface area contributed by atoms with Crippen molar-refractivity contribution in [1.29, 1.82) is 0 Å². The molecule has 9 heteroatoms. The van der Waals surface area contributed by atoms with Gasteiger partial charge in [0.15, 0.2) is 5.82 Å². The van der Waals surface area contributed by atoms with E-state index in [0.29, 0.717) is 31.0 Å². The summed E-state index contributed by atoms with van der Waals surface area (Å²) < 4.78 is 35.8. The Labute approximate surface area is 185 Å². The normalized spacial score (nSPS) is 20.6. The molecule has 2 aromatic carbocycles. The van der Waals surface area contributed by atoms with Crippen molar-refractivity contribution in [3.05, 3.63) is 71.6 Å². The first-order chi connectivity index (χ1) is 15.7. The summed E-state index contributed by atoms with van der Waals surface area (Å²) in [5.74, 6) is 0.107. The predicted molar refractivity (Wildman–Crippen MR) is 115 cm³/mol. The Morgan fingerprint density at radius 2 is 1.78 bits per heavy atom. The van der Waals surface area contributed by atoms with Gasteiger partial charge in [0, 0.05) is 44.0 Å². The van der Waals surface area contributed by atoms with Gasteiger partial charge in [-0.2, -0.15) is 0 Å². The molecule has 0 unspecified atom stereocenters. The number of ether oxygens (including phenoxy) is 1. The number of hydrogen-bond donors (Lipinski definition) is 0. The molecule has 3 aromatic rings. The molecule has 5 rings (SSSR count). The summed E-state index contributed by atoms with van der Waals surface area (Å²) in [6.45, 7) is 4.19. The van der Waals surface area contributed by atoms with Gasteiger partial charge in [-0.15, -0.1) is 5.10 Å². The highest BCUT2D eigenvalue weighted by Crippen LogP contribution is 2.31. The number of nitrogens with zero attached hydrogens (tertiary/aromatic N) is 6. The van der Waals surface area contributed by atoms with E-state index in [-0.39, 0.29) is 17.7 Å². The second-order valence-corrected chi connectivity index (χ2v) is 8.28. The molecule has 168 valence electrons. The maximum atomic E-state index is 14.9. The van der Waals surface area contributed by atoms with Gasteiger partial charge < -0.3 is 9.64 Å². The first-order valence-corrected chi connectivity index (χ1v) is 11.1. The van der Waals surface area contributed by atoms with E-state index in [1.54, 1.807) is 28.9 Å². The largest absolute Gasteiger partial charge is 0.376 e. The van der Waals surface area contributed by atoms with Crippen molar-refractivity contribution in [2.24, 2.45) is 0 Å². The Kier molecular flexibility index (Phi) is 6.09. The fraction of sp³-hybridized carbons (Fsp3) is 0.435. The molecule has 0 amide bonds. The Bertz CT molecular complexity index is 1030. The SMILES string of the molecule is Fc1ccc(N2CCN([C@H](c3ccccc3F)c3nnnn3C[C@H]3CCCO3)CC2)cc1. The van der Waals surface area contributed by atoms with Gasteiger partial charge in [-0.3, -0.25) is 4.90 Å². The molecule has 1 aromatic heterocycles. The average molecular weight is 440 g/mol. The van der Waals surface area contributed by atoms with Crippen LogP contribution in [0.15, 0.2) is 48.5 Å². The fourth-order valence-electron chi connectivity index (χ4n) is 4.60. The highest BCUT2D eigenvalue weighted by Gasteiger charge is 2.33. The van der Waals surface area contributed by atoms with Crippen molar-refractivity contribution in [3.8, 4) is 0 Å². The van der Waals surface area contributed by atoms with Crippen LogP contribution in [-0.4, -0.2) is 64.0 Å². The minimum atomic E-state index is -0.400. The highest BCUT2D eigenvalue weighted by atomic mass is 19.1. The summed E-state index contributed by atoms with van der Waals surface area (Å²) in [5.41, 5.74) is 1.54. The van der Waals surface area contributed by atoms with Crippen LogP contribution in [0.1, 0.15) is 30.3 Å². The number of benzene rings is 2. The van der Waals surface area contributed by atoms with E-state index in [1.165, 1.54) is 18.2 Å². The number of hydrogen-bond acceptors (Lipinski definition) is 6. The van der Waals surface area contributed by atoms with Crippen LogP contribution in [0.2, 0.25) is 0 Å². The lowest BCUT2D eigenvalue weighted by atomic mass is 10.0. The summed E-state index contributed by atoms with van der Waals surface area (Å²) in [4.78, 5) is 4.43. The van der Waals surface area contributed by atoms with Crippen molar-refractivity contribution in [2.45, 2.75) is 31.5 Å². The van der Waals surface area contributed by atoms with Gasteiger partial charge in [0.05, 0.1) is 12.6 Å². The van der Waals surface area contributed by atoms with Gasteiger partial charge in [-0.25, -0.2) is 13.5 Å². The van der Waals surface area contributed by atoms with Crippen molar-refractivity contribution < 1.29 is 13.5 Å². The zero-order valence-electron chi connectivity index (χ0n) is 17.8. The maximum Gasteiger partial charge on any atom is 0.173 e. The molecular formula is C23H26F2N6O. The zero-order chi connectivity index (χ0) is 21.9. The summed E-state index contributed by atoms with van der Waals surface area (Å²) in [6.07, 6.45) is 2.08. The second-order valence-electron chi connectivity index (χ2n) is 8.28. The average Bonchev–Trinajstić information content (AvgIpc) is 3.49. The zero-order valence-corrected chi connectivity index (χ0v) is 17.8. The van der Waals surface area contributed by atoms with Crippen molar-refractivity contribution >= 4 is 5.69 Å². The fourth-order valence-corrected chi connectivity index (χ4v) is 4.60. The number of tetrazole rings is 1. The number of halogens is 2. The number of anilines is 1. The van der Waals surface area contributed by atoms with Crippen molar-refractivity contribution in [1.82, 2.24) is 25.1 Å². The predicted octanol–water partition coefficient (Wildman–Crippen LogP) is 3.04. The van der Waals surface area contributed by atoms with E-state index in [0.717, 1.165) is 38.2 Å². The van der Waals surface area contributed by atoms with Gasteiger partial charge in [0.25, 0.3) is 0 Å². The third kappa shape index (κ3) is 4.35. The van der Waals surface area contributed by atoms with Crippen LogP contribution in [0.3, 0.4) is 0 Å². The summed E-state index contributed by atoms with van der Waals surface area (Å²) in [7, 11) is 0. The molecule has 3 heterocycles. The van der Waals surface area contributed by atoms with E-state index in [9.17, 15) is 8.78 Å². The third-order valence-electron chi connectivity index (χ3n) is 6.28. The van der Waals surface area contributed by atoms with Crippen molar-refractivity contribution in [2.75, 3.05) is 37.7 Å². The van der Waals surface area contributed by atoms with E-state index >= 15 is 0 Å². The topological polar surface area (TPSA) is 59.3 Å². The lowest BCUT2D eigenvalue weighted by molar-refractivity contribution is 0.0906. The molecule has 2 atom stereocenters. The molecule has 2 aliphatic rings. The third-order valence-corrected chi connectivity index (χ3v) is 6.28. The molecule has 2 aliphatic heterocycles. The van der Waals surface area contributed by atoms with Gasteiger partial charge in [-0.05, 0) is 53.6 Å². The van der Waals surface area contributed by atoms with E-state index in [1.807, 2.05) is 6.07 Å². The smallest absolute Gasteiger partial charge is 0.173 e. The molecule has 7 nitrogen and oxygen atoms in total. The molecule has 0 saturated carbocycles. The van der Waals surface area contributed by atoms with Crippen LogP contribution in [-0.2, 0) is 11.3 Å². The maximum absolute atomic E-state index is 14.9. The quantitative estimate of drug-likeness (QED) is 0.587. The van der Waals surface area contributed by atoms with Gasteiger partial charge in [-0.1, -0.05) is 18.2 Å². The van der Waals surface area contributed by atoms with Crippen LogP contribution in [0.4, 0.5) is 14.5 Å². The summed E-state index contributed by atoms with van der Waals surface area (Å²) >= 11 is 0. The molecule has 0 spiro atoms. The minimum Gasteiger partial charge on any atom is -0.376 e. The first kappa shape index (κ1) is 21.0. The van der Waals surface area contributed by atoms with Gasteiger partial charge in [0.2, 0.25) is 0 Å². The molecule has 0 aliphatic carbocycles. The van der Waals surface area contributed by atoms with E-state index < -0.39 is 6.04 Å². The van der Waals surface area contributed by atoms with Gasteiger partial charge in [0.1, 0.15) is 17.7 Å². The minimum absolute atomic E-state index is 0.0776. The molecule has 0 radical (unpaired) electrons. The standard InChI is InChI=1S/C23H26F2N6O/c24-17-7-9-18(10-8-17)29-11-13-30(14-12-29)22(20-5-1-2-6-21(20)25)23-26-27-28-31(23)16-19-4-3-15-32-19/h1-2,5-10,19,22H,3-4,11-16H2/t19-,22-/m1/s1. The lowest BCUT2D eigenvalue weighted by Gasteiger charge is -2.40. The van der Waals surface area contributed by atoms with Crippen LogP contribution in [0.25, 0.3) is 0 Å². The van der Waals surface area contributed by atoms with Crippen LogP contribution in [0.5, 0.6) is 0 Å². The summed E-state index contributed by atoms with van der Waals surface area (Å²) in [6, 6.07) is 13.0. The molecule has 0 bridgehead atoms. The van der Waals surface area contributed by atoms with Crippen LogP contribution >= 0.6 is 0 Å². The van der Waals surface area contributed by atoms with E-state index in [4.69, 9.17) is 4.74 Å². The summed E-state index contributed by atoms with van der Waals surface area (Å²) in [5, 5.41) is 12.4. The second kappa shape index (κ2) is 9.30. The number of aromatic nitrogens is 4. The number of piperazine rings is 1. The van der Waals surface area contributed by atoms with Crippen molar-refractivity contribution in [3.63, 3.8) is 0 Å². The Morgan fingerprint density at radius 3 is 2.50 bits per heavy atom.